The van der Waals surface area contributed by atoms with Crippen LogP contribution in [0, 0.1) is 0 Å². The first kappa shape index (κ1) is 32.2. The first-order valence-corrected chi connectivity index (χ1v) is 19.7. The summed E-state index contributed by atoms with van der Waals surface area (Å²) in [6, 6.07) is 40.6. The Morgan fingerprint density at radius 3 is 1.81 bits per heavy atom. The quantitative estimate of drug-likeness (QED) is 0.168. The minimum absolute atomic E-state index is 0.0134. The molecule has 54 heavy (non-hydrogen) atoms. The lowest BCUT2D eigenvalue weighted by Crippen LogP contribution is -2.60. The molecule has 0 amide bonds. The van der Waals surface area contributed by atoms with Crippen LogP contribution >= 0.6 is 0 Å². The molecular formula is C49H46BN3O. The smallest absolute Gasteiger partial charge is 0.258 e. The molecule has 0 bridgehead atoms. The lowest BCUT2D eigenvalue weighted by molar-refractivity contribution is 0.403. The summed E-state index contributed by atoms with van der Waals surface area (Å²) in [7, 11) is 0. The van der Waals surface area contributed by atoms with Crippen molar-refractivity contribution in [2.24, 2.45) is 0 Å². The van der Waals surface area contributed by atoms with E-state index in [0.29, 0.717) is 0 Å². The van der Waals surface area contributed by atoms with Crippen LogP contribution in [0.3, 0.4) is 0 Å². The molecule has 0 fully saturated rings. The lowest BCUT2D eigenvalue weighted by atomic mass is 9.34. The van der Waals surface area contributed by atoms with Crippen LogP contribution in [0.5, 0.6) is 11.5 Å². The van der Waals surface area contributed by atoms with Crippen LogP contribution in [0.25, 0.3) is 27.6 Å². The van der Waals surface area contributed by atoms with Gasteiger partial charge in [-0.25, -0.2) is 4.98 Å². The molecule has 0 saturated heterocycles. The van der Waals surface area contributed by atoms with Crippen LogP contribution in [0.15, 0.2) is 109 Å². The number of aromatic nitrogens is 2. The Labute approximate surface area is 318 Å². The van der Waals surface area contributed by atoms with Gasteiger partial charge in [0.25, 0.3) is 6.71 Å². The summed E-state index contributed by atoms with van der Waals surface area (Å²) in [6.07, 6.45) is 2.23. The molecule has 0 saturated carbocycles. The van der Waals surface area contributed by atoms with E-state index in [1.807, 2.05) is 0 Å². The number of para-hydroxylation sites is 3. The monoisotopic (exact) mass is 703 g/mol. The van der Waals surface area contributed by atoms with E-state index in [0.717, 1.165) is 58.2 Å². The van der Waals surface area contributed by atoms with Crippen LogP contribution in [-0.4, -0.2) is 16.3 Å². The highest BCUT2D eigenvalue weighted by Crippen LogP contribution is 2.54. The first-order valence-electron chi connectivity index (χ1n) is 19.7. The van der Waals surface area contributed by atoms with Gasteiger partial charge in [0.1, 0.15) is 23.1 Å². The fourth-order valence-electron chi connectivity index (χ4n) is 11.7. The van der Waals surface area contributed by atoms with Gasteiger partial charge >= 0.3 is 0 Å². The Kier molecular flexibility index (Phi) is 6.12. The van der Waals surface area contributed by atoms with Gasteiger partial charge in [0.05, 0.1) is 11.0 Å². The van der Waals surface area contributed by atoms with Crippen molar-refractivity contribution in [2.45, 2.75) is 89.9 Å². The summed E-state index contributed by atoms with van der Waals surface area (Å²) in [6.45, 7) is 19.3. The molecular weight excluding hydrogens is 657 g/mol. The molecule has 11 rings (SSSR count). The minimum atomic E-state index is -0.0134. The highest BCUT2D eigenvalue weighted by Gasteiger charge is 2.49. The second kappa shape index (κ2) is 10.3. The van der Waals surface area contributed by atoms with Crippen molar-refractivity contribution in [1.82, 2.24) is 9.55 Å². The van der Waals surface area contributed by atoms with Crippen LogP contribution in [0.2, 0.25) is 0 Å². The third-order valence-electron chi connectivity index (χ3n) is 13.4. The van der Waals surface area contributed by atoms with Gasteiger partial charge in [0, 0.05) is 33.7 Å². The maximum absolute atomic E-state index is 7.01. The number of nitrogens with zero attached hydrogens (tertiary/aromatic N) is 3. The maximum atomic E-state index is 7.01. The molecule has 4 nitrogen and oxygen atoms in total. The summed E-state index contributed by atoms with van der Waals surface area (Å²) >= 11 is 0. The van der Waals surface area contributed by atoms with Gasteiger partial charge < -0.3 is 4.74 Å². The fraction of sp³-hybridized carbons (Fsp3) is 0.286. The van der Waals surface area contributed by atoms with Crippen molar-refractivity contribution in [2.75, 3.05) is 4.90 Å². The second-order valence-corrected chi connectivity index (χ2v) is 19.1. The van der Waals surface area contributed by atoms with E-state index in [2.05, 4.69) is 174 Å². The average Bonchev–Trinajstić information content (AvgIpc) is 3.64. The van der Waals surface area contributed by atoms with Gasteiger partial charge in [-0.2, -0.15) is 0 Å². The number of benzene rings is 5. The van der Waals surface area contributed by atoms with Crippen molar-refractivity contribution in [3.8, 4) is 17.3 Å². The molecule has 2 aliphatic carbocycles. The largest absolute Gasteiger partial charge is 0.458 e. The summed E-state index contributed by atoms with van der Waals surface area (Å²) in [4.78, 5) is 8.29. The number of fused-ring (bicyclic) bond motifs is 9. The molecule has 4 aliphatic rings. The van der Waals surface area contributed by atoms with E-state index in [4.69, 9.17) is 9.72 Å². The van der Waals surface area contributed by atoms with Gasteiger partial charge in [0.15, 0.2) is 0 Å². The Bertz CT molecular complexity index is 2730. The number of rotatable bonds is 2. The van der Waals surface area contributed by atoms with E-state index in [-0.39, 0.29) is 28.4 Å². The van der Waals surface area contributed by atoms with E-state index >= 15 is 0 Å². The average molecular weight is 704 g/mol. The summed E-state index contributed by atoms with van der Waals surface area (Å²) < 4.78 is 9.34. The van der Waals surface area contributed by atoms with Crippen molar-refractivity contribution in [3.63, 3.8) is 0 Å². The molecule has 0 atom stereocenters. The molecule has 2 aromatic heterocycles. The van der Waals surface area contributed by atoms with E-state index in [9.17, 15) is 0 Å². The third-order valence-corrected chi connectivity index (χ3v) is 13.4. The highest BCUT2D eigenvalue weighted by molar-refractivity contribution is 6.99. The van der Waals surface area contributed by atoms with Crippen molar-refractivity contribution < 1.29 is 4.74 Å². The summed E-state index contributed by atoms with van der Waals surface area (Å²) in [5.41, 5.74) is 14.4. The molecule has 0 radical (unpaired) electrons. The molecule has 7 aromatic rings. The van der Waals surface area contributed by atoms with Gasteiger partial charge in [-0.1, -0.05) is 122 Å². The fourth-order valence-corrected chi connectivity index (χ4v) is 11.7. The predicted octanol–water partition coefficient (Wildman–Crippen LogP) is 10.5. The lowest BCUT2D eigenvalue weighted by Gasteiger charge is -2.40. The predicted molar refractivity (Wildman–Crippen MR) is 226 cm³/mol. The minimum Gasteiger partial charge on any atom is -0.458 e. The zero-order valence-corrected chi connectivity index (χ0v) is 32.6. The third kappa shape index (κ3) is 4.19. The Hall–Kier alpha value is -5.29. The zero-order chi connectivity index (χ0) is 37.1. The van der Waals surface area contributed by atoms with Crippen molar-refractivity contribution >= 4 is 62.1 Å². The Morgan fingerprint density at radius 1 is 0.556 bits per heavy atom. The highest BCUT2D eigenvalue weighted by atomic mass is 16.5. The Balaban J connectivity index is 1.26. The standard InChI is InChI=1S/C49H46BN3O/c1-46(2)27-47(3,4)33-23-29(21-22-32(33)46)52-40-25-35-34(48(5,6)28-49(35,7)8)24-37(40)50-36-17-11-14-20-41(36)54-42-26-43(51-45(52)44(42)50)53-38-18-12-9-15-30(38)31-16-10-13-19-39(31)53/h9-26H,27-28H2,1-8H3. The molecule has 4 heterocycles. The number of anilines is 3. The normalized spacial score (nSPS) is 18.9. The molecule has 0 N–H and O–H groups in total. The number of ether oxygens (including phenoxy) is 1. The summed E-state index contributed by atoms with van der Waals surface area (Å²) in [5, 5.41) is 2.44. The SMILES string of the molecule is CC1(C)CC(C)(C)c2cc(N3c4cc5c(cc4B4c6ccccc6Oc6cc(-n7c8ccccc8c8ccccc87)nc3c64)C(C)(C)CC5(C)C)ccc21. The van der Waals surface area contributed by atoms with Crippen LogP contribution < -0.4 is 26.0 Å². The van der Waals surface area contributed by atoms with Crippen LogP contribution in [0.1, 0.15) is 90.5 Å². The molecule has 2 aliphatic heterocycles. The van der Waals surface area contributed by atoms with Gasteiger partial charge in [-0.3, -0.25) is 9.47 Å². The van der Waals surface area contributed by atoms with E-state index in [1.165, 1.54) is 49.6 Å². The molecule has 0 spiro atoms. The van der Waals surface area contributed by atoms with Crippen LogP contribution in [-0.2, 0) is 21.7 Å². The van der Waals surface area contributed by atoms with Gasteiger partial charge in [0.2, 0.25) is 0 Å². The Morgan fingerprint density at radius 2 is 1.13 bits per heavy atom. The van der Waals surface area contributed by atoms with E-state index < -0.39 is 0 Å². The molecule has 266 valence electrons. The van der Waals surface area contributed by atoms with Crippen LogP contribution in [0.4, 0.5) is 17.2 Å². The van der Waals surface area contributed by atoms with Gasteiger partial charge in [-0.15, -0.1) is 0 Å². The van der Waals surface area contributed by atoms with E-state index in [1.54, 1.807) is 0 Å². The number of pyridine rings is 1. The second-order valence-electron chi connectivity index (χ2n) is 19.1. The van der Waals surface area contributed by atoms with Gasteiger partial charge in [-0.05, 0) is 104 Å². The zero-order valence-electron chi connectivity index (χ0n) is 32.6. The topological polar surface area (TPSA) is 30.3 Å². The molecule has 0 unspecified atom stereocenters. The first-order chi connectivity index (χ1) is 25.7. The maximum Gasteiger partial charge on any atom is 0.258 e. The summed E-state index contributed by atoms with van der Waals surface area (Å²) in [5.74, 6) is 3.60. The number of hydrogen-bond donors (Lipinski definition) is 0. The molecule has 5 heteroatoms. The van der Waals surface area contributed by atoms with Crippen molar-refractivity contribution in [1.29, 1.82) is 0 Å². The number of hydrogen-bond acceptors (Lipinski definition) is 3. The van der Waals surface area contributed by atoms with Crippen molar-refractivity contribution in [3.05, 3.63) is 131 Å². The molecule has 5 aromatic carbocycles.